The first-order valence-corrected chi connectivity index (χ1v) is 12.8. The third kappa shape index (κ3) is 2.83. The Balaban J connectivity index is 1.50. The van der Waals surface area contributed by atoms with Gasteiger partial charge in [0.1, 0.15) is 5.65 Å². The molecule has 0 bridgehead atoms. The highest BCUT2D eigenvalue weighted by atomic mass is 15.1. The van der Waals surface area contributed by atoms with Crippen LogP contribution in [-0.4, -0.2) is 9.13 Å². The maximum Gasteiger partial charge on any atom is 0.131 e. The van der Waals surface area contributed by atoms with Gasteiger partial charge in [-0.15, -0.1) is 0 Å². The fourth-order valence-corrected chi connectivity index (χ4v) is 6.07. The van der Waals surface area contributed by atoms with Gasteiger partial charge in [0, 0.05) is 27.5 Å². The first kappa shape index (κ1) is 20.8. The number of aromatic nitrogens is 2. The van der Waals surface area contributed by atoms with Crippen molar-refractivity contribution in [2.45, 2.75) is 0 Å². The van der Waals surface area contributed by atoms with Crippen LogP contribution in [0.4, 0.5) is 0 Å². The Bertz CT molecular complexity index is 2240. The lowest BCUT2D eigenvalue weighted by Gasteiger charge is -2.14. The molecule has 8 rings (SSSR count). The van der Waals surface area contributed by atoms with Gasteiger partial charge in [0.15, 0.2) is 0 Å². The second-order valence-electron chi connectivity index (χ2n) is 9.76. The van der Waals surface area contributed by atoms with Crippen LogP contribution in [0, 0.1) is 11.3 Å². The fraction of sp³-hybridized carbons (Fsp3) is 0. The SMILES string of the molecule is N#Cc1ccc2c(ccc3cc(-n4c5ccccc5c5c6ccccc6n(-c6ccccc6)c54)ccc32)c1. The zero-order chi connectivity index (χ0) is 25.2. The predicted octanol–water partition coefficient (Wildman–Crippen LogP) is 8.91. The van der Waals surface area contributed by atoms with E-state index in [9.17, 15) is 5.26 Å². The van der Waals surface area contributed by atoms with E-state index < -0.39 is 0 Å². The molecule has 2 aromatic heterocycles. The van der Waals surface area contributed by atoms with Gasteiger partial charge in [-0.05, 0) is 70.1 Å². The van der Waals surface area contributed by atoms with Crippen molar-refractivity contribution in [1.29, 1.82) is 5.26 Å². The molecule has 0 spiro atoms. The van der Waals surface area contributed by atoms with Gasteiger partial charge < -0.3 is 0 Å². The number of hydrogen-bond donors (Lipinski definition) is 0. The van der Waals surface area contributed by atoms with Crippen LogP contribution in [0.3, 0.4) is 0 Å². The van der Waals surface area contributed by atoms with Crippen LogP contribution >= 0.6 is 0 Å². The quantitative estimate of drug-likeness (QED) is 0.226. The number of hydrogen-bond acceptors (Lipinski definition) is 1. The van der Waals surface area contributed by atoms with Gasteiger partial charge in [-0.2, -0.15) is 5.26 Å². The van der Waals surface area contributed by atoms with Crippen molar-refractivity contribution in [3.63, 3.8) is 0 Å². The van der Waals surface area contributed by atoms with Crippen LogP contribution in [-0.2, 0) is 0 Å². The summed E-state index contributed by atoms with van der Waals surface area (Å²) in [5, 5.41) is 17.7. The molecular formula is C35H21N3. The zero-order valence-corrected chi connectivity index (χ0v) is 20.5. The summed E-state index contributed by atoms with van der Waals surface area (Å²) < 4.78 is 4.79. The third-order valence-electron chi connectivity index (χ3n) is 7.70. The van der Waals surface area contributed by atoms with Crippen LogP contribution in [0.15, 0.2) is 127 Å². The molecule has 2 heterocycles. The van der Waals surface area contributed by atoms with Crippen LogP contribution in [0.1, 0.15) is 5.56 Å². The third-order valence-corrected chi connectivity index (χ3v) is 7.70. The molecule has 8 aromatic rings. The molecule has 0 N–H and O–H groups in total. The molecule has 0 aliphatic carbocycles. The molecule has 0 saturated heterocycles. The second-order valence-corrected chi connectivity index (χ2v) is 9.76. The minimum Gasteiger partial charge on any atom is -0.295 e. The van der Waals surface area contributed by atoms with E-state index in [1.165, 1.54) is 38.0 Å². The number of benzene rings is 6. The van der Waals surface area contributed by atoms with E-state index in [4.69, 9.17) is 0 Å². The Kier molecular flexibility index (Phi) is 4.29. The first-order chi connectivity index (χ1) is 18.8. The van der Waals surface area contributed by atoms with E-state index in [1.807, 2.05) is 12.1 Å². The van der Waals surface area contributed by atoms with Crippen LogP contribution in [0.2, 0.25) is 0 Å². The average Bonchev–Trinajstić information content (AvgIpc) is 3.49. The van der Waals surface area contributed by atoms with E-state index in [-0.39, 0.29) is 0 Å². The molecular weight excluding hydrogens is 462 g/mol. The number of nitriles is 1. The maximum absolute atomic E-state index is 9.33. The lowest BCUT2D eigenvalue weighted by molar-refractivity contribution is 1.07. The molecule has 3 nitrogen and oxygen atoms in total. The molecule has 0 unspecified atom stereocenters. The molecule has 6 aromatic carbocycles. The molecule has 0 atom stereocenters. The van der Waals surface area contributed by atoms with Crippen LogP contribution < -0.4 is 0 Å². The summed E-state index contributed by atoms with van der Waals surface area (Å²) >= 11 is 0. The molecule has 0 saturated carbocycles. The van der Waals surface area contributed by atoms with Crippen molar-refractivity contribution in [3.8, 4) is 17.4 Å². The lowest BCUT2D eigenvalue weighted by Crippen LogP contribution is -2.01. The Morgan fingerprint density at radius 1 is 0.474 bits per heavy atom. The summed E-state index contributed by atoms with van der Waals surface area (Å²) in [5.41, 5.74) is 6.50. The monoisotopic (exact) mass is 483 g/mol. The molecule has 0 fully saturated rings. The summed E-state index contributed by atoms with van der Waals surface area (Å²) in [7, 11) is 0. The molecule has 38 heavy (non-hydrogen) atoms. The van der Waals surface area contributed by atoms with Crippen molar-refractivity contribution in [3.05, 3.63) is 133 Å². The summed E-state index contributed by atoms with van der Waals surface area (Å²) in [4.78, 5) is 0. The normalized spacial score (nSPS) is 11.7. The molecule has 0 aliphatic heterocycles. The van der Waals surface area contributed by atoms with Crippen LogP contribution in [0.25, 0.3) is 65.8 Å². The largest absolute Gasteiger partial charge is 0.295 e. The van der Waals surface area contributed by atoms with Crippen LogP contribution in [0.5, 0.6) is 0 Å². The van der Waals surface area contributed by atoms with Crippen molar-refractivity contribution >= 4 is 54.4 Å². The molecule has 176 valence electrons. The Hall–Kier alpha value is -5.33. The summed E-state index contributed by atoms with van der Waals surface area (Å²) in [6.07, 6.45) is 0. The maximum atomic E-state index is 9.33. The zero-order valence-electron chi connectivity index (χ0n) is 20.5. The number of fused-ring (bicyclic) bond motifs is 8. The van der Waals surface area contributed by atoms with Gasteiger partial charge in [0.25, 0.3) is 0 Å². The lowest BCUT2D eigenvalue weighted by atomic mass is 10.00. The standard InChI is InChI=1S/C35H21N3/c36-22-23-14-18-28-24(20-23)15-16-25-21-27(17-19-29(25)28)38-33-13-7-5-11-31(33)34-30-10-4-6-12-32(30)37(35(34)38)26-8-2-1-3-9-26/h1-21H. The number of nitrogens with zero attached hydrogens (tertiary/aromatic N) is 3. The van der Waals surface area contributed by atoms with Gasteiger partial charge in [-0.25, -0.2) is 0 Å². The minimum absolute atomic E-state index is 0.684. The van der Waals surface area contributed by atoms with Crippen molar-refractivity contribution in [2.24, 2.45) is 0 Å². The average molecular weight is 484 g/mol. The highest BCUT2D eigenvalue weighted by Gasteiger charge is 2.21. The first-order valence-electron chi connectivity index (χ1n) is 12.8. The minimum atomic E-state index is 0.684. The smallest absolute Gasteiger partial charge is 0.131 e. The van der Waals surface area contributed by atoms with E-state index in [0.29, 0.717) is 5.56 Å². The van der Waals surface area contributed by atoms with Gasteiger partial charge >= 0.3 is 0 Å². The van der Waals surface area contributed by atoms with Gasteiger partial charge in [0.05, 0.1) is 22.7 Å². The fourth-order valence-electron chi connectivity index (χ4n) is 6.07. The topological polar surface area (TPSA) is 33.6 Å². The molecule has 0 aliphatic rings. The number of rotatable bonds is 2. The van der Waals surface area contributed by atoms with E-state index in [0.717, 1.165) is 27.8 Å². The van der Waals surface area contributed by atoms with Crippen molar-refractivity contribution < 1.29 is 0 Å². The Morgan fingerprint density at radius 3 is 1.74 bits per heavy atom. The number of para-hydroxylation sites is 3. The molecule has 0 amide bonds. The second kappa shape index (κ2) is 7.83. The predicted molar refractivity (Wildman–Crippen MR) is 157 cm³/mol. The van der Waals surface area contributed by atoms with Gasteiger partial charge in [-0.3, -0.25) is 9.13 Å². The van der Waals surface area contributed by atoms with E-state index in [1.54, 1.807) is 0 Å². The molecule has 3 heteroatoms. The van der Waals surface area contributed by atoms with E-state index >= 15 is 0 Å². The highest BCUT2D eigenvalue weighted by molar-refractivity contribution is 6.22. The Morgan fingerprint density at radius 2 is 1.05 bits per heavy atom. The Labute approximate surface area is 219 Å². The van der Waals surface area contributed by atoms with Gasteiger partial charge in [0.2, 0.25) is 0 Å². The highest BCUT2D eigenvalue weighted by Crippen LogP contribution is 2.41. The summed E-state index contributed by atoms with van der Waals surface area (Å²) in [6.45, 7) is 0. The van der Waals surface area contributed by atoms with Crippen molar-refractivity contribution in [1.82, 2.24) is 9.13 Å². The van der Waals surface area contributed by atoms with E-state index in [2.05, 4.69) is 130 Å². The van der Waals surface area contributed by atoms with Gasteiger partial charge in [-0.1, -0.05) is 78.9 Å². The summed E-state index contributed by atoms with van der Waals surface area (Å²) in [5.74, 6) is 0. The van der Waals surface area contributed by atoms with Crippen molar-refractivity contribution in [2.75, 3.05) is 0 Å². The molecule has 0 radical (unpaired) electrons. The summed E-state index contributed by atoms with van der Waals surface area (Å²) in [6, 6.07) is 47.2.